The first-order chi connectivity index (χ1) is 3.93. The smallest absolute Gasteiger partial charge is 0.125 e. The van der Waals surface area contributed by atoms with Gasteiger partial charge in [-0.05, 0) is 6.07 Å². The molecule has 1 rings (SSSR count). The Morgan fingerprint density at radius 2 is 2.62 bits per heavy atom. The summed E-state index contributed by atoms with van der Waals surface area (Å²) >= 11 is 0. The monoisotopic (exact) mass is 107 g/mol. The molecule has 1 aromatic rings. The molecule has 0 radical (unpaired) electrons. The maximum Gasteiger partial charge on any atom is 0.125 e. The molecule has 0 saturated carbocycles. The Morgan fingerprint density at radius 1 is 1.75 bits per heavy atom. The van der Waals surface area contributed by atoms with E-state index in [1.165, 1.54) is 6.08 Å². The Hall–Kier alpha value is -1.27. The average Bonchev–Trinajstić information content (AvgIpc) is 2.19. The van der Waals surface area contributed by atoms with Gasteiger partial charge in [-0.1, -0.05) is 0 Å². The Morgan fingerprint density at radius 3 is 3.12 bits per heavy atom. The standard InChI is InChI=1S/C6H5NO/c8-4-2-6-1-3-7-5-6/h1-3,5,7H. The lowest BCUT2D eigenvalue weighted by Crippen LogP contribution is -1.57. The SMILES string of the molecule is O=C=Cc1cc[nH]c1. The van der Waals surface area contributed by atoms with Crippen molar-refractivity contribution in [1.29, 1.82) is 0 Å². The average molecular weight is 107 g/mol. The van der Waals surface area contributed by atoms with E-state index in [4.69, 9.17) is 0 Å². The predicted octanol–water partition coefficient (Wildman–Crippen LogP) is 0.859. The number of nitrogens with one attached hydrogen (secondary N) is 1. The van der Waals surface area contributed by atoms with Crippen LogP contribution in [0, 0.1) is 0 Å². The normalized spacial score (nSPS) is 8.00. The molecule has 1 N–H and O–H groups in total. The number of hydrogen-bond acceptors (Lipinski definition) is 1. The van der Waals surface area contributed by atoms with E-state index >= 15 is 0 Å². The lowest BCUT2D eigenvalue weighted by Gasteiger charge is -1.69. The summed E-state index contributed by atoms with van der Waals surface area (Å²) in [5, 5.41) is 0. The molecule has 2 heteroatoms. The minimum atomic E-state index is 0.861. The Bertz CT molecular complexity index is 194. The van der Waals surface area contributed by atoms with E-state index in [0.717, 1.165) is 5.56 Å². The van der Waals surface area contributed by atoms with E-state index in [1.54, 1.807) is 24.4 Å². The molecule has 2 nitrogen and oxygen atoms in total. The molecule has 0 aliphatic rings. The van der Waals surface area contributed by atoms with Crippen molar-refractivity contribution >= 4 is 12.0 Å². The number of carbonyl (C=O) groups excluding carboxylic acids is 1. The number of hydrogen-bond donors (Lipinski definition) is 1. The summed E-state index contributed by atoms with van der Waals surface area (Å²) in [7, 11) is 0. The predicted molar refractivity (Wildman–Crippen MR) is 31.0 cm³/mol. The van der Waals surface area contributed by atoms with Gasteiger partial charge in [0.05, 0.1) is 0 Å². The van der Waals surface area contributed by atoms with Crippen LogP contribution < -0.4 is 0 Å². The second kappa shape index (κ2) is 2.15. The van der Waals surface area contributed by atoms with E-state index in [1.807, 2.05) is 0 Å². The van der Waals surface area contributed by atoms with E-state index in [0.29, 0.717) is 0 Å². The molecule has 0 aromatic carbocycles. The van der Waals surface area contributed by atoms with Gasteiger partial charge in [-0.25, -0.2) is 4.79 Å². The summed E-state index contributed by atoms with van der Waals surface area (Å²) in [6.07, 6.45) is 4.85. The molecule has 0 amide bonds. The quantitative estimate of drug-likeness (QED) is 0.530. The number of H-pyrrole nitrogens is 1. The van der Waals surface area contributed by atoms with Crippen molar-refractivity contribution in [2.45, 2.75) is 0 Å². The van der Waals surface area contributed by atoms with Gasteiger partial charge in [0.15, 0.2) is 0 Å². The van der Waals surface area contributed by atoms with Gasteiger partial charge < -0.3 is 4.98 Å². The van der Waals surface area contributed by atoms with Crippen LogP contribution in [0.4, 0.5) is 0 Å². The van der Waals surface area contributed by atoms with Gasteiger partial charge in [0.25, 0.3) is 0 Å². The third-order valence-corrected chi connectivity index (χ3v) is 0.848. The second-order valence-corrected chi connectivity index (χ2v) is 1.41. The van der Waals surface area contributed by atoms with Crippen molar-refractivity contribution in [3.05, 3.63) is 24.0 Å². The van der Waals surface area contributed by atoms with Crippen molar-refractivity contribution in [3.63, 3.8) is 0 Å². The fraction of sp³-hybridized carbons (Fsp3) is 0. The van der Waals surface area contributed by atoms with Crippen LogP contribution >= 0.6 is 0 Å². The lowest BCUT2D eigenvalue weighted by atomic mass is 10.3. The summed E-state index contributed by atoms with van der Waals surface area (Å²) in [4.78, 5) is 12.5. The summed E-state index contributed by atoms with van der Waals surface area (Å²) in [5.41, 5.74) is 0.861. The van der Waals surface area contributed by atoms with Crippen molar-refractivity contribution in [1.82, 2.24) is 4.98 Å². The zero-order chi connectivity index (χ0) is 5.82. The van der Waals surface area contributed by atoms with Crippen LogP contribution in [0.25, 0.3) is 6.08 Å². The van der Waals surface area contributed by atoms with Crippen LogP contribution in [0.5, 0.6) is 0 Å². The Kier molecular flexibility index (Phi) is 1.31. The largest absolute Gasteiger partial charge is 0.367 e. The van der Waals surface area contributed by atoms with E-state index < -0.39 is 0 Å². The molecule has 0 bridgehead atoms. The van der Waals surface area contributed by atoms with Crippen LogP contribution in [0.1, 0.15) is 5.56 Å². The first-order valence-electron chi connectivity index (χ1n) is 2.27. The highest BCUT2D eigenvalue weighted by Crippen LogP contribution is 1.94. The molecular formula is C6H5NO. The highest BCUT2D eigenvalue weighted by atomic mass is 16.1. The van der Waals surface area contributed by atoms with Crippen molar-refractivity contribution in [2.75, 3.05) is 0 Å². The Balaban J connectivity index is 2.93. The van der Waals surface area contributed by atoms with Crippen LogP contribution in [0.2, 0.25) is 0 Å². The Labute approximate surface area is 46.8 Å². The minimum absolute atomic E-state index is 0.861. The molecule has 8 heavy (non-hydrogen) atoms. The molecule has 0 unspecified atom stereocenters. The molecule has 40 valence electrons. The van der Waals surface area contributed by atoms with Crippen molar-refractivity contribution in [3.8, 4) is 0 Å². The van der Waals surface area contributed by atoms with Crippen molar-refractivity contribution in [2.24, 2.45) is 0 Å². The van der Waals surface area contributed by atoms with Crippen LogP contribution in [0.3, 0.4) is 0 Å². The van der Waals surface area contributed by atoms with Crippen LogP contribution in [0.15, 0.2) is 18.5 Å². The molecule has 0 aliphatic heterocycles. The summed E-state index contributed by atoms with van der Waals surface area (Å²) in [6.45, 7) is 0. The third-order valence-electron chi connectivity index (χ3n) is 0.848. The molecular weight excluding hydrogens is 102 g/mol. The second-order valence-electron chi connectivity index (χ2n) is 1.41. The first kappa shape index (κ1) is 4.88. The lowest BCUT2D eigenvalue weighted by molar-refractivity contribution is 0.570. The highest BCUT2D eigenvalue weighted by Gasteiger charge is 1.80. The van der Waals surface area contributed by atoms with Gasteiger partial charge >= 0.3 is 0 Å². The summed E-state index contributed by atoms with van der Waals surface area (Å²) in [5.74, 6) is 1.68. The van der Waals surface area contributed by atoms with Gasteiger partial charge in [0.2, 0.25) is 0 Å². The maximum absolute atomic E-state index is 9.68. The first-order valence-corrected chi connectivity index (χ1v) is 2.27. The number of aromatic nitrogens is 1. The number of rotatable bonds is 1. The molecule has 0 spiro atoms. The highest BCUT2D eigenvalue weighted by molar-refractivity contribution is 5.74. The fourth-order valence-electron chi connectivity index (χ4n) is 0.495. The van der Waals surface area contributed by atoms with E-state index in [-0.39, 0.29) is 0 Å². The number of aromatic amines is 1. The molecule has 0 fully saturated rings. The summed E-state index contributed by atoms with van der Waals surface area (Å²) in [6, 6.07) is 1.80. The van der Waals surface area contributed by atoms with Gasteiger partial charge in [-0.2, -0.15) is 0 Å². The van der Waals surface area contributed by atoms with E-state index in [2.05, 4.69) is 4.98 Å². The van der Waals surface area contributed by atoms with E-state index in [9.17, 15) is 4.79 Å². The minimum Gasteiger partial charge on any atom is -0.367 e. The molecule has 1 aromatic heterocycles. The van der Waals surface area contributed by atoms with Crippen LogP contribution in [-0.2, 0) is 4.79 Å². The van der Waals surface area contributed by atoms with Crippen molar-refractivity contribution < 1.29 is 4.79 Å². The third kappa shape index (κ3) is 0.863. The zero-order valence-corrected chi connectivity index (χ0v) is 4.22. The topological polar surface area (TPSA) is 32.9 Å². The molecule has 0 saturated heterocycles. The molecule has 1 heterocycles. The molecule has 0 atom stereocenters. The summed E-state index contributed by atoms with van der Waals surface area (Å²) < 4.78 is 0. The van der Waals surface area contributed by atoms with Crippen LogP contribution in [-0.4, -0.2) is 10.9 Å². The maximum atomic E-state index is 9.68. The van der Waals surface area contributed by atoms with Gasteiger partial charge in [-0.3, -0.25) is 0 Å². The fourth-order valence-corrected chi connectivity index (χ4v) is 0.495. The molecule has 0 aliphatic carbocycles. The van der Waals surface area contributed by atoms with Gasteiger partial charge in [-0.15, -0.1) is 0 Å². The van der Waals surface area contributed by atoms with Gasteiger partial charge in [0, 0.05) is 24.0 Å². The van der Waals surface area contributed by atoms with Gasteiger partial charge in [0.1, 0.15) is 5.94 Å². The zero-order valence-electron chi connectivity index (χ0n) is 4.22.